The van der Waals surface area contributed by atoms with Gasteiger partial charge in [0.1, 0.15) is 0 Å². The molecule has 4 amide bonds. The van der Waals surface area contributed by atoms with Crippen molar-refractivity contribution in [3.8, 4) is 0 Å². The Morgan fingerprint density at radius 3 is 1.65 bits per heavy atom. The zero-order valence-corrected chi connectivity index (χ0v) is 16.4. The van der Waals surface area contributed by atoms with Crippen molar-refractivity contribution in [1.29, 1.82) is 0 Å². The second kappa shape index (κ2) is 6.27. The molecule has 5 rings (SSSR count). The van der Waals surface area contributed by atoms with E-state index in [1.807, 2.05) is 0 Å². The van der Waals surface area contributed by atoms with Gasteiger partial charge in [0.15, 0.2) is 0 Å². The summed E-state index contributed by atoms with van der Waals surface area (Å²) in [6.07, 6.45) is 0. The first-order valence-corrected chi connectivity index (χ1v) is 9.45. The summed E-state index contributed by atoms with van der Waals surface area (Å²) in [5.41, 5.74) is 14.4. The van der Waals surface area contributed by atoms with E-state index in [1.54, 1.807) is 31.2 Å². The lowest BCUT2D eigenvalue weighted by molar-refractivity contribution is 0.0912. The zero-order chi connectivity index (χ0) is 22.0. The molecule has 0 aliphatic carbocycles. The van der Waals surface area contributed by atoms with Gasteiger partial charge in [-0.15, -0.1) is 0 Å². The molecule has 0 unspecified atom stereocenters. The number of rotatable bonds is 2. The Balaban J connectivity index is 1.59. The second-order valence-electron chi connectivity index (χ2n) is 7.47. The number of benzene rings is 3. The molecule has 3 aromatic rings. The van der Waals surface area contributed by atoms with Crippen molar-refractivity contribution in [1.82, 2.24) is 0 Å². The molecule has 0 fully saturated rings. The molecule has 4 N–H and O–H groups in total. The number of nitrogen functional groups attached to an aromatic ring is 2. The Morgan fingerprint density at radius 1 is 0.581 bits per heavy atom. The van der Waals surface area contributed by atoms with Crippen LogP contribution in [-0.2, 0) is 0 Å². The van der Waals surface area contributed by atoms with Crippen LogP contribution in [0.25, 0.3) is 0 Å². The van der Waals surface area contributed by atoms with Crippen LogP contribution >= 0.6 is 0 Å². The topological polar surface area (TPSA) is 127 Å². The van der Waals surface area contributed by atoms with Crippen molar-refractivity contribution in [3.05, 3.63) is 82.4 Å². The molecule has 3 aromatic carbocycles. The lowest BCUT2D eigenvalue weighted by Crippen LogP contribution is -2.32. The minimum Gasteiger partial charge on any atom is -0.399 e. The number of aryl methyl sites for hydroxylation is 1. The lowest BCUT2D eigenvalue weighted by Gasteiger charge is -2.20. The largest absolute Gasteiger partial charge is 0.399 e. The molecule has 0 atom stereocenters. The third-order valence-electron chi connectivity index (χ3n) is 5.51. The predicted molar refractivity (Wildman–Crippen MR) is 115 cm³/mol. The van der Waals surface area contributed by atoms with Gasteiger partial charge in [0, 0.05) is 11.4 Å². The average Bonchev–Trinajstić information content (AvgIpc) is 3.12. The maximum Gasteiger partial charge on any atom is 0.266 e. The first-order chi connectivity index (χ1) is 14.8. The number of anilines is 4. The van der Waals surface area contributed by atoms with Gasteiger partial charge in [-0.05, 0) is 61.0 Å². The number of nitrogens with two attached hydrogens (primary N) is 2. The number of amides is 4. The van der Waals surface area contributed by atoms with E-state index in [0.717, 1.165) is 9.80 Å². The van der Waals surface area contributed by atoms with E-state index in [2.05, 4.69) is 0 Å². The van der Waals surface area contributed by atoms with Crippen LogP contribution in [0, 0.1) is 6.92 Å². The Morgan fingerprint density at radius 2 is 1.06 bits per heavy atom. The summed E-state index contributed by atoms with van der Waals surface area (Å²) >= 11 is 0. The number of carbonyl (C=O) groups is 4. The molecule has 0 aromatic heterocycles. The van der Waals surface area contributed by atoms with E-state index in [-0.39, 0.29) is 27.9 Å². The molecule has 0 radical (unpaired) electrons. The number of imide groups is 2. The quantitative estimate of drug-likeness (QED) is 0.492. The van der Waals surface area contributed by atoms with Gasteiger partial charge in [0.25, 0.3) is 23.6 Å². The molecule has 2 heterocycles. The van der Waals surface area contributed by atoms with Crippen LogP contribution in [0.3, 0.4) is 0 Å². The maximum absolute atomic E-state index is 13.0. The van der Waals surface area contributed by atoms with Gasteiger partial charge >= 0.3 is 0 Å². The number of carbonyl (C=O) groups excluding carboxylic acids is 4. The molecule has 2 aliphatic heterocycles. The Bertz CT molecular complexity index is 1360. The van der Waals surface area contributed by atoms with Gasteiger partial charge in [0.2, 0.25) is 0 Å². The first-order valence-electron chi connectivity index (χ1n) is 9.45. The standard InChI is InChI=1S/C23H16N4O4/c1-11-2-5-14(26-20(28)15-6-3-12(24)8-17(15)22(26)30)10-19(11)27-21(29)16-7-4-13(25)9-18(16)23(27)31/h2-10H,24-25H2,1H3. The van der Waals surface area contributed by atoms with Crippen molar-refractivity contribution >= 4 is 46.4 Å². The fourth-order valence-electron chi connectivity index (χ4n) is 3.95. The Labute approximate surface area is 176 Å². The zero-order valence-electron chi connectivity index (χ0n) is 16.4. The van der Waals surface area contributed by atoms with E-state index in [1.165, 1.54) is 30.3 Å². The Kier molecular flexibility index (Phi) is 3.75. The highest BCUT2D eigenvalue weighted by atomic mass is 16.2. The van der Waals surface area contributed by atoms with E-state index >= 15 is 0 Å². The summed E-state index contributed by atoms with van der Waals surface area (Å²) in [5, 5.41) is 0. The summed E-state index contributed by atoms with van der Waals surface area (Å²) in [7, 11) is 0. The lowest BCUT2D eigenvalue weighted by atomic mass is 10.1. The molecule has 8 heteroatoms. The Hall–Kier alpha value is -4.46. The molecule has 152 valence electrons. The molecule has 8 nitrogen and oxygen atoms in total. The number of hydrogen-bond acceptors (Lipinski definition) is 6. The van der Waals surface area contributed by atoms with Crippen LogP contribution in [0.2, 0.25) is 0 Å². The van der Waals surface area contributed by atoms with E-state index < -0.39 is 23.6 Å². The highest BCUT2D eigenvalue weighted by molar-refractivity contribution is 6.36. The third-order valence-corrected chi connectivity index (χ3v) is 5.51. The van der Waals surface area contributed by atoms with Gasteiger partial charge < -0.3 is 11.5 Å². The van der Waals surface area contributed by atoms with Gasteiger partial charge in [-0.25, -0.2) is 9.80 Å². The fourth-order valence-corrected chi connectivity index (χ4v) is 3.95. The smallest absolute Gasteiger partial charge is 0.266 e. The van der Waals surface area contributed by atoms with Gasteiger partial charge in [-0.2, -0.15) is 0 Å². The monoisotopic (exact) mass is 412 g/mol. The normalized spacial score (nSPS) is 15.0. The first kappa shape index (κ1) is 18.6. The molecule has 0 saturated carbocycles. The summed E-state index contributed by atoms with van der Waals surface area (Å²) < 4.78 is 0. The average molecular weight is 412 g/mol. The number of hydrogen-bond donors (Lipinski definition) is 2. The molecular formula is C23H16N4O4. The van der Waals surface area contributed by atoms with Crippen LogP contribution in [0.4, 0.5) is 22.7 Å². The second-order valence-corrected chi connectivity index (χ2v) is 7.47. The van der Waals surface area contributed by atoms with Crippen molar-refractivity contribution in [2.24, 2.45) is 0 Å². The van der Waals surface area contributed by atoms with Crippen molar-refractivity contribution in [3.63, 3.8) is 0 Å². The maximum atomic E-state index is 13.0. The van der Waals surface area contributed by atoms with Crippen LogP contribution in [0.5, 0.6) is 0 Å². The van der Waals surface area contributed by atoms with Crippen LogP contribution in [0.1, 0.15) is 47.0 Å². The van der Waals surface area contributed by atoms with Crippen molar-refractivity contribution in [2.75, 3.05) is 21.3 Å². The summed E-state index contributed by atoms with van der Waals surface area (Å²) in [6, 6.07) is 13.8. The van der Waals surface area contributed by atoms with Crippen LogP contribution in [-0.4, -0.2) is 23.6 Å². The highest BCUT2D eigenvalue weighted by Crippen LogP contribution is 2.36. The fraction of sp³-hybridized carbons (Fsp3) is 0.0435. The van der Waals surface area contributed by atoms with E-state index in [9.17, 15) is 19.2 Å². The summed E-state index contributed by atoms with van der Waals surface area (Å²) in [6.45, 7) is 1.74. The number of fused-ring (bicyclic) bond motifs is 2. The van der Waals surface area contributed by atoms with Gasteiger partial charge in [-0.3, -0.25) is 19.2 Å². The molecule has 0 bridgehead atoms. The third kappa shape index (κ3) is 2.55. The minimum atomic E-state index is -0.516. The minimum absolute atomic E-state index is 0.211. The number of nitrogens with zero attached hydrogens (tertiary/aromatic N) is 2. The molecule has 2 aliphatic rings. The molecule has 31 heavy (non-hydrogen) atoms. The van der Waals surface area contributed by atoms with E-state index in [0.29, 0.717) is 22.6 Å². The van der Waals surface area contributed by atoms with E-state index in [4.69, 9.17) is 11.5 Å². The molecule has 0 spiro atoms. The molecular weight excluding hydrogens is 396 g/mol. The molecule has 0 saturated heterocycles. The van der Waals surface area contributed by atoms with Crippen molar-refractivity contribution < 1.29 is 19.2 Å². The van der Waals surface area contributed by atoms with Gasteiger partial charge in [0.05, 0.1) is 33.6 Å². The summed E-state index contributed by atoms with van der Waals surface area (Å²) in [5.74, 6) is -2.01. The highest BCUT2D eigenvalue weighted by Gasteiger charge is 2.40. The summed E-state index contributed by atoms with van der Waals surface area (Å²) in [4.78, 5) is 53.8. The van der Waals surface area contributed by atoms with Gasteiger partial charge in [-0.1, -0.05) is 6.07 Å². The SMILES string of the molecule is Cc1ccc(N2C(=O)c3ccc(N)cc3C2=O)cc1N1C(=O)c2ccc(N)cc2C1=O. The van der Waals surface area contributed by atoms with Crippen molar-refractivity contribution in [2.45, 2.75) is 6.92 Å². The van der Waals surface area contributed by atoms with Crippen LogP contribution in [0.15, 0.2) is 54.6 Å². The van der Waals surface area contributed by atoms with Crippen LogP contribution < -0.4 is 21.3 Å². The predicted octanol–water partition coefficient (Wildman–Crippen LogP) is 2.76.